The van der Waals surface area contributed by atoms with Crippen LogP contribution in [-0.4, -0.2) is 0 Å². The maximum Gasteiger partial charge on any atom is 0.000193 e. The molecule has 4 unspecified atom stereocenters. The van der Waals surface area contributed by atoms with E-state index in [1.165, 1.54) is 34.7 Å². The molecule has 26 heavy (non-hydrogen) atoms. The molecule has 0 heteroatoms. The SMILES string of the molecule is CC1CC2C=Cc3c(ccc4ccccc34)C2C(C)(c2ccccc2)C1. The first-order chi connectivity index (χ1) is 12.7. The third-order valence-corrected chi connectivity index (χ3v) is 6.84. The normalized spacial score (nSPS) is 30.0. The minimum absolute atomic E-state index is 0.186. The van der Waals surface area contributed by atoms with Gasteiger partial charge in [-0.2, -0.15) is 0 Å². The summed E-state index contributed by atoms with van der Waals surface area (Å²) in [6, 6.07) is 24.8. The molecule has 0 heterocycles. The van der Waals surface area contributed by atoms with Crippen LogP contribution in [0.1, 0.15) is 49.3 Å². The molecule has 0 N–H and O–H groups in total. The molecule has 0 spiro atoms. The predicted octanol–water partition coefficient (Wildman–Crippen LogP) is 6.95. The monoisotopic (exact) mass is 338 g/mol. The van der Waals surface area contributed by atoms with Crippen LogP contribution in [0.5, 0.6) is 0 Å². The molecule has 2 aliphatic carbocycles. The van der Waals surface area contributed by atoms with E-state index in [-0.39, 0.29) is 5.41 Å². The van der Waals surface area contributed by atoms with E-state index in [4.69, 9.17) is 0 Å². The Morgan fingerprint density at radius 2 is 1.65 bits per heavy atom. The van der Waals surface area contributed by atoms with Crippen molar-refractivity contribution in [3.63, 3.8) is 0 Å². The Balaban J connectivity index is 1.74. The van der Waals surface area contributed by atoms with Crippen molar-refractivity contribution in [2.75, 3.05) is 0 Å². The maximum absolute atomic E-state index is 2.51. The van der Waals surface area contributed by atoms with Gasteiger partial charge in [-0.1, -0.05) is 92.7 Å². The summed E-state index contributed by atoms with van der Waals surface area (Å²) in [7, 11) is 0. The van der Waals surface area contributed by atoms with Crippen molar-refractivity contribution >= 4 is 16.8 Å². The zero-order chi connectivity index (χ0) is 17.7. The Labute approximate surface area is 156 Å². The topological polar surface area (TPSA) is 0 Å². The van der Waals surface area contributed by atoms with Crippen molar-refractivity contribution in [3.8, 4) is 0 Å². The van der Waals surface area contributed by atoms with E-state index in [0.29, 0.717) is 11.8 Å². The lowest BCUT2D eigenvalue weighted by atomic mass is 9.53. The molecule has 1 saturated carbocycles. The summed E-state index contributed by atoms with van der Waals surface area (Å²) in [6.45, 7) is 4.94. The fraction of sp³-hybridized carbons (Fsp3) is 0.308. The molecule has 0 saturated heterocycles. The van der Waals surface area contributed by atoms with Gasteiger partial charge in [-0.15, -0.1) is 0 Å². The lowest BCUT2D eigenvalue weighted by Crippen LogP contribution is -2.42. The number of rotatable bonds is 1. The van der Waals surface area contributed by atoms with E-state index in [2.05, 4.69) is 92.7 Å². The van der Waals surface area contributed by atoms with Crippen LogP contribution in [0.25, 0.3) is 16.8 Å². The Bertz CT molecular complexity index is 981. The summed E-state index contributed by atoms with van der Waals surface area (Å²) in [4.78, 5) is 0. The average Bonchev–Trinajstić information content (AvgIpc) is 2.67. The van der Waals surface area contributed by atoms with Crippen molar-refractivity contribution in [1.82, 2.24) is 0 Å². The standard InChI is InChI=1S/C26H26/c1-18-16-20-13-14-23-22-11-7-6-8-19(22)12-15-24(23)25(20)26(2,17-18)21-9-4-3-5-10-21/h3-15,18,20,25H,16-17H2,1-2H3. The second-order valence-corrected chi connectivity index (χ2v) is 8.62. The Morgan fingerprint density at radius 3 is 2.50 bits per heavy atom. The smallest absolute Gasteiger partial charge is 0.000193 e. The van der Waals surface area contributed by atoms with Crippen molar-refractivity contribution in [3.05, 3.63) is 89.5 Å². The fourth-order valence-electron chi connectivity index (χ4n) is 5.88. The molecule has 4 atom stereocenters. The highest BCUT2D eigenvalue weighted by Crippen LogP contribution is 2.56. The average molecular weight is 338 g/mol. The van der Waals surface area contributed by atoms with E-state index in [1.54, 1.807) is 5.56 Å². The third kappa shape index (κ3) is 2.28. The highest BCUT2D eigenvalue weighted by molar-refractivity contribution is 5.92. The second-order valence-electron chi connectivity index (χ2n) is 8.62. The van der Waals surface area contributed by atoms with Crippen molar-refractivity contribution in [2.24, 2.45) is 11.8 Å². The van der Waals surface area contributed by atoms with E-state index in [1.807, 2.05) is 0 Å². The molecule has 0 amide bonds. The summed E-state index contributed by atoms with van der Waals surface area (Å²) in [5.74, 6) is 1.96. The van der Waals surface area contributed by atoms with Crippen LogP contribution >= 0.6 is 0 Å². The van der Waals surface area contributed by atoms with Gasteiger partial charge in [-0.05, 0) is 52.1 Å². The minimum atomic E-state index is 0.186. The van der Waals surface area contributed by atoms with Gasteiger partial charge in [-0.3, -0.25) is 0 Å². The molecule has 130 valence electrons. The van der Waals surface area contributed by atoms with Gasteiger partial charge < -0.3 is 0 Å². The number of benzene rings is 3. The summed E-state index contributed by atoms with van der Waals surface area (Å²) in [5.41, 5.74) is 4.68. The zero-order valence-electron chi connectivity index (χ0n) is 15.7. The number of hydrogen-bond donors (Lipinski definition) is 0. The van der Waals surface area contributed by atoms with E-state index >= 15 is 0 Å². The fourth-order valence-corrected chi connectivity index (χ4v) is 5.88. The lowest BCUT2D eigenvalue weighted by Gasteiger charge is -2.50. The van der Waals surface area contributed by atoms with Gasteiger partial charge in [0.2, 0.25) is 0 Å². The molecule has 0 bridgehead atoms. The Morgan fingerprint density at radius 1 is 0.885 bits per heavy atom. The van der Waals surface area contributed by atoms with Crippen LogP contribution in [0.15, 0.2) is 72.8 Å². The first-order valence-electron chi connectivity index (χ1n) is 9.92. The van der Waals surface area contributed by atoms with Gasteiger partial charge in [0.1, 0.15) is 0 Å². The highest BCUT2D eigenvalue weighted by atomic mass is 14.5. The lowest BCUT2D eigenvalue weighted by molar-refractivity contribution is 0.170. The molecule has 2 aliphatic rings. The molecule has 1 fully saturated rings. The van der Waals surface area contributed by atoms with Gasteiger partial charge >= 0.3 is 0 Å². The first kappa shape index (κ1) is 15.9. The van der Waals surface area contributed by atoms with Gasteiger partial charge in [0.05, 0.1) is 0 Å². The van der Waals surface area contributed by atoms with Crippen LogP contribution in [0.3, 0.4) is 0 Å². The Kier molecular flexibility index (Phi) is 3.57. The maximum atomic E-state index is 2.51. The second kappa shape index (κ2) is 5.84. The summed E-state index contributed by atoms with van der Waals surface area (Å²) >= 11 is 0. The number of hydrogen-bond acceptors (Lipinski definition) is 0. The van der Waals surface area contributed by atoms with E-state index in [9.17, 15) is 0 Å². The van der Waals surface area contributed by atoms with Gasteiger partial charge in [0, 0.05) is 11.3 Å². The molecule has 3 aromatic carbocycles. The minimum Gasteiger partial charge on any atom is -0.0801 e. The molecular weight excluding hydrogens is 312 g/mol. The summed E-state index contributed by atoms with van der Waals surface area (Å²) < 4.78 is 0. The largest absolute Gasteiger partial charge is 0.0801 e. The van der Waals surface area contributed by atoms with Crippen molar-refractivity contribution in [1.29, 1.82) is 0 Å². The molecule has 3 aromatic rings. The molecule has 0 nitrogen and oxygen atoms in total. The van der Waals surface area contributed by atoms with Crippen molar-refractivity contribution in [2.45, 2.75) is 38.0 Å². The number of fused-ring (bicyclic) bond motifs is 5. The molecule has 0 aromatic heterocycles. The van der Waals surface area contributed by atoms with Crippen LogP contribution in [-0.2, 0) is 5.41 Å². The van der Waals surface area contributed by atoms with Gasteiger partial charge in [0.15, 0.2) is 0 Å². The van der Waals surface area contributed by atoms with Crippen LogP contribution < -0.4 is 0 Å². The molecule has 5 rings (SSSR count). The first-order valence-corrected chi connectivity index (χ1v) is 9.92. The van der Waals surface area contributed by atoms with Gasteiger partial charge in [0.25, 0.3) is 0 Å². The van der Waals surface area contributed by atoms with Crippen molar-refractivity contribution < 1.29 is 0 Å². The molecule has 0 aliphatic heterocycles. The van der Waals surface area contributed by atoms with Crippen LogP contribution in [0, 0.1) is 11.8 Å². The predicted molar refractivity (Wildman–Crippen MR) is 111 cm³/mol. The Hall–Kier alpha value is -2.34. The number of allylic oxidation sites excluding steroid dienone is 1. The zero-order valence-corrected chi connectivity index (χ0v) is 15.7. The van der Waals surface area contributed by atoms with Gasteiger partial charge in [-0.25, -0.2) is 0 Å². The summed E-state index contributed by atoms with van der Waals surface area (Å²) in [6.07, 6.45) is 7.48. The van der Waals surface area contributed by atoms with Crippen LogP contribution in [0.4, 0.5) is 0 Å². The van der Waals surface area contributed by atoms with E-state index < -0.39 is 0 Å². The molecule has 0 radical (unpaired) electrons. The summed E-state index contributed by atoms with van der Waals surface area (Å²) in [5, 5.41) is 2.74. The quantitative estimate of drug-likeness (QED) is 0.450. The molecular formula is C26H26. The van der Waals surface area contributed by atoms with E-state index in [0.717, 1.165) is 5.92 Å². The third-order valence-electron chi connectivity index (χ3n) is 6.84. The highest BCUT2D eigenvalue weighted by Gasteiger charge is 2.47. The van der Waals surface area contributed by atoms with Crippen LogP contribution in [0.2, 0.25) is 0 Å².